The van der Waals surface area contributed by atoms with Gasteiger partial charge in [-0.25, -0.2) is 4.79 Å². The fraction of sp³-hybridized carbons (Fsp3) is 0.409. The number of aromatic carboxylic acids is 1. The third kappa shape index (κ3) is 5.05. The van der Waals surface area contributed by atoms with Crippen molar-refractivity contribution in [1.82, 2.24) is 9.80 Å². The second-order valence-corrected chi connectivity index (χ2v) is 8.77. The number of benzene rings is 1. The molecule has 2 saturated heterocycles. The molecule has 2 aliphatic heterocycles. The molecule has 9 heteroatoms. The predicted octanol–water partition coefficient (Wildman–Crippen LogP) is 2.44. The quantitative estimate of drug-likeness (QED) is 0.714. The van der Waals surface area contributed by atoms with E-state index in [2.05, 4.69) is 15.1 Å². The Labute approximate surface area is 185 Å². The van der Waals surface area contributed by atoms with Crippen molar-refractivity contribution in [3.8, 4) is 0 Å². The number of nitrogens with one attached hydrogen (secondary N) is 1. The normalized spacial score (nSPS) is 17.0. The molecule has 3 heterocycles. The van der Waals surface area contributed by atoms with E-state index < -0.39 is 5.97 Å². The lowest BCUT2D eigenvalue weighted by Crippen LogP contribution is -2.50. The largest absolute Gasteiger partial charge is 0.478 e. The molecule has 31 heavy (non-hydrogen) atoms. The van der Waals surface area contributed by atoms with E-state index >= 15 is 0 Å². The first-order valence-electron chi connectivity index (χ1n) is 10.5. The van der Waals surface area contributed by atoms with E-state index in [1.165, 1.54) is 17.4 Å². The van der Waals surface area contributed by atoms with Crippen LogP contribution in [0, 0.1) is 0 Å². The number of piperazine rings is 1. The maximum atomic E-state index is 12.6. The molecular formula is C22H26N4O4S. The van der Waals surface area contributed by atoms with Gasteiger partial charge in [-0.15, -0.1) is 11.3 Å². The first-order chi connectivity index (χ1) is 15.0. The first-order valence-corrected chi connectivity index (χ1v) is 11.4. The van der Waals surface area contributed by atoms with Crippen molar-refractivity contribution >= 4 is 40.5 Å². The number of thiophene rings is 1. The molecule has 2 N–H and O–H groups in total. The maximum absolute atomic E-state index is 12.6. The Morgan fingerprint density at radius 1 is 1.00 bits per heavy atom. The zero-order valence-electron chi connectivity index (χ0n) is 17.2. The van der Waals surface area contributed by atoms with Gasteiger partial charge in [-0.05, 0) is 42.5 Å². The number of carbonyl (C=O) groups is 3. The second-order valence-electron chi connectivity index (χ2n) is 7.82. The minimum atomic E-state index is -1.04. The van der Waals surface area contributed by atoms with Crippen molar-refractivity contribution in [3.63, 3.8) is 0 Å². The highest BCUT2D eigenvalue weighted by Gasteiger charge is 2.25. The van der Waals surface area contributed by atoms with Crippen LogP contribution >= 0.6 is 11.3 Å². The minimum absolute atomic E-state index is 0.125. The monoisotopic (exact) mass is 442 g/mol. The number of hydrogen-bond acceptors (Lipinski definition) is 6. The third-order valence-corrected chi connectivity index (χ3v) is 6.64. The zero-order chi connectivity index (χ0) is 21.8. The van der Waals surface area contributed by atoms with Crippen molar-refractivity contribution < 1.29 is 19.5 Å². The average molecular weight is 443 g/mol. The molecule has 1 aromatic heterocycles. The summed E-state index contributed by atoms with van der Waals surface area (Å²) in [5.41, 5.74) is 1.40. The summed E-state index contributed by atoms with van der Waals surface area (Å²) < 4.78 is 0. The number of carboxylic acid groups (broad SMARTS) is 1. The SMILES string of the molecule is O=C(O)c1ccc(N2CCN(CC(=O)N3CCCC3)CC2)c(NC(=O)c2cccs2)c1. The van der Waals surface area contributed by atoms with Gasteiger partial charge in [0.2, 0.25) is 5.91 Å². The van der Waals surface area contributed by atoms with Crippen LogP contribution in [-0.4, -0.2) is 78.5 Å². The van der Waals surface area contributed by atoms with E-state index in [0.717, 1.165) is 44.7 Å². The smallest absolute Gasteiger partial charge is 0.335 e. The molecule has 0 atom stereocenters. The minimum Gasteiger partial charge on any atom is -0.478 e. The van der Waals surface area contributed by atoms with Crippen molar-refractivity contribution in [2.24, 2.45) is 0 Å². The van der Waals surface area contributed by atoms with Crippen LogP contribution in [0.3, 0.4) is 0 Å². The van der Waals surface area contributed by atoms with Gasteiger partial charge in [0.25, 0.3) is 5.91 Å². The molecule has 0 aliphatic carbocycles. The lowest BCUT2D eigenvalue weighted by atomic mass is 10.1. The van der Waals surface area contributed by atoms with Gasteiger partial charge in [0, 0.05) is 39.3 Å². The highest BCUT2D eigenvalue weighted by molar-refractivity contribution is 7.12. The molecule has 0 spiro atoms. The van der Waals surface area contributed by atoms with Crippen LogP contribution in [0.1, 0.15) is 32.9 Å². The Morgan fingerprint density at radius 3 is 2.39 bits per heavy atom. The summed E-state index contributed by atoms with van der Waals surface area (Å²) in [6.45, 7) is 5.03. The topological polar surface area (TPSA) is 93.2 Å². The van der Waals surface area contributed by atoms with Crippen LogP contribution in [0.4, 0.5) is 11.4 Å². The molecule has 164 valence electrons. The van der Waals surface area contributed by atoms with Crippen molar-refractivity contribution in [2.75, 3.05) is 56.0 Å². The Kier molecular flexibility index (Phi) is 6.53. The van der Waals surface area contributed by atoms with Crippen LogP contribution in [0.25, 0.3) is 0 Å². The number of amides is 2. The lowest BCUT2D eigenvalue weighted by Gasteiger charge is -2.37. The van der Waals surface area contributed by atoms with Crippen LogP contribution in [0.15, 0.2) is 35.7 Å². The van der Waals surface area contributed by atoms with E-state index in [-0.39, 0.29) is 17.4 Å². The Hall–Kier alpha value is -2.91. The van der Waals surface area contributed by atoms with E-state index in [1.54, 1.807) is 24.3 Å². The molecule has 2 amide bonds. The molecule has 2 aliphatic rings. The van der Waals surface area contributed by atoms with Crippen molar-refractivity contribution in [2.45, 2.75) is 12.8 Å². The highest BCUT2D eigenvalue weighted by atomic mass is 32.1. The van der Waals surface area contributed by atoms with Crippen molar-refractivity contribution in [1.29, 1.82) is 0 Å². The Balaban J connectivity index is 1.44. The van der Waals surface area contributed by atoms with Gasteiger partial charge in [0.1, 0.15) is 0 Å². The van der Waals surface area contributed by atoms with Gasteiger partial charge in [0.15, 0.2) is 0 Å². The average Bonchev–Trinajstić information content (AvgIpc) is 3.49. The van der Waals surface area contributed by atoms with Crippen LogP contribution in [0.2, 0.25) is 0 Å². The van der Waals surface area contributed by atoms with Gasteiger partial charge in [-0.3, -0.25) is 14.5 Å². The molecule has 4 rings (SSSR count). The fourth-order valence-electron chi connectivity index (χ4n) is 4.04. The molecule has 2 fully saturated rings. The first kappa shape index (κ1) is 21.3. The Morgan fingerprint density at radius 2 is 1.74 bits per heavy atom. The second kappa shape index (κ2) is 9.49. The lowest BCUT2D eigenvalue weighted by molar-refractivity contribution is -0.131. The fourth-order valence-corrected chi connectivity index (χ4v) is 4.66. The van der Waals surface area contributed by atoms with Gasteiger partial charge in [-0.2, -0.15) is 0 Å². The summed E-state index contributed by atoms with van der Waals surface area (Å²) in [5.74, 6) is -1.10. The molecule has 0 unspecified atom stereocenters. The number of hydrogen-bond donors (Lipinski definition) is 2. The van der Waals surface area contributed by atoms with Gasteiger partial charge in [0.05, 0.1) is 28.4 Å². The predicted molar refractivity (Wildman–Crippen MR) is 120 cm³/mol. The van der Waals surface area contributed by atoms with E-state index in [9.17, 15) is 19.5 Å². The number of anilines is 2. The summed E-state index contributed by atoms with van der Waals surface area (Å²) in [4.78, 5) is 43.2. The molecule has 2 aromatic rings. The highest BCUT2D eigenvalue weighted by Crippen LogP contribution is 2.29. The molecule has 0 radical (unpaired) electrons. The van der Waals surface area contributed by atoms with Crippen molar-refractivity contribution in [3.05, 3.63) is 46.2 Å². The number of rotatable bonds is 6. The molecule has 1 aromatic carbocycles. The van der Waals surface area contributed by atoms with Crippen LogP contribution in [-0.2, 0) is 4.79 Å². The number of carbonyl (C=O) groups excluding carboxylic acids is 2. The maximum Gasteiger partial charge on any atom is 0.335 e. The van der Waals surface area contributed by atoms with Gasteiger partial charge in [-0.1, -0.05) is 6.07 Å². The zero-order valence-corrected chi connectivity index (χ0v) is 18.1. The van der Waals surface area contributed by atoms with Crippen LogP contribution < -0.4 is 10.2 Å². The van der Waals surface area contributed by atoms with Gasteiger partial charge < -0.3 is 20.2 Å². The summed E-state index contributed by atoms with van der Waals surface area (Å²) in [5, 5.41) is 14.1. The number of carboxylic acids is 1. The number of likely N-dealkylation sites (tertiary alicyclic amines) is 1. The Bertz CT molecular complexity index is 948. The molecule has 0 saturated carbocycles. The molecular weight excluding hydrogens is 416 g/mol. The summed E-state index contributed by atoms with van der Waals surface area (Å²) in [6.07, 6.45) is 2.18. The van der Waals surface area contributed by atoms with E-state index in [4.69, 9.17) is 0 Å². The molecule has 0 bridgehead atoms. The van der Waals surface area contributed by atoms with E-state index in [0.29, 0.717) is 30.2 Å². The van der Waals surface area contributed by atoms with Crippen LogP contribution in [0.5, 0.6) is 0 Å². The number of nitrogens with zero attached hydrogens (tertiary/aromatic N) is 3. The molecule has 8 nitrogen and oxygen atoms in total. The summed E-state index contributed by atoms with van der Waals surface area (Å²) in [7, 11) is 0. The summed E-state index contributed by atoms with van der Waals surface area (Å²) >= 11 is 1.33. The standard InChI is InChI=1S/C22H26N4O4S/c27-20(26-7-1-2-8-26)15-24-9-11-25(12-10-24)18-6-5-16(22(29)30)14-17(18)23-21(28)19-4-3-13-31-19/h3-6,13-14H,1-2,7-12,15H2,(H,23,28)(H,29,30). The third-order valence-electron chi connectivity index (χ3n) is 5.77. The van der Waals surface area contributed by atoms with Gasteiger partial charge >= 0.3 is 5.97 Å². The summed E-state index contributed by atoms with van der Waals surface area (Å²) in [6, 6.07) is 8.35. The van der Waals surface area contributed by atoms with E-state index in [1.807, 2.05) is 10.3 Å².